The van der Waals surface area contributed by atoms with Gasteiger partial charge in [0.05, 0.1) is 39.7 Å². The molecule has 2 aliphatic heterocycles. The number of benzene rings is 2. The SMILES string of the molecule is COc1c2c(cc3c1C(CC(=O)c1cc4c(cc1C)C(C)(C)C(C)C4(C)C)[N+](C)(C)CC3)OCO2.[I-]. The normalized spacial score (nSPS) is 23.9. The van der Waals surface area contributed by atoms with Crippen LogP contribution in [0, 0.1) is 12.8 Å². The van der Waals surface area contributed by atoms with Gasteiger partial charge in [0.1, 0.15) is 6.04 Å². The monoisotopic (exact) mass is 605 g/mol. The van der Waals surface area contributed by atoms with Gasteiger partial charge < -0.3 is 42.7 Å². The average Bonchev–Trinajstić information content (AvgIpc) is 3.30. The Hall–Kier alpha value is -1.80. The fraction of sp³-hybridized carbons (Fsp3) is 0.567. The van der Waals surface area contributed by atoms with E-state index in [4.69, 9.17) is 14.2 Å². The standard InChI is InChI=1S/C30H40NO4.HI/c1-17-12-21-22(30(5,6)18(2)29(21,3)4)14-20(17)24(32)15-23-26-19(10-11-31(23,7)8)13-25-27(28(26)33-9)35-16-34-25;/h12-14,18,23H,10-11,15-16H2,1-9H3;1H/q+1;/p-1. The van der Waals surface area contributed by atoms with Crippen molar-refractivity contribution >= 4 is 5.78 Å². The zero-order chi connectivity index (χ0) is 25.5. The molecular weight excluding hydrogens is 565 g/mol. The van der Waals surface area contributed by atoms with Gasteiger partial charge in [0.25, 0.3) is 0 Å². The van der Waals surface area contributed by atoms with E-state index >= 15 is 0 Å². The van der Waals surface area contributed by atoms with Crippen LogP contribution >= 0.6 is 0 Å². The molecule has 0 fully saturated rings. The van der Waals surface area contributed by atoms with Crippen molar-refractivity contribution in [1.29, 1.82) is 0 Å². The van der Waals surface area contributed by atoms with Crippen molar-refractivity contribution in [3.05, 3.63) is 51.6 Å². The molecule has 5 nitrogen and oxygen atoms in total. The van der Waals surface area contributed by atoms with Crippen LogP contribution in [0.3, 0.4) is 0 Å². The van der Waals surface area contributed by atoms with Crippen molar-refractivity contribution in [3.63, 3.8) is 0 Å². The van der Waals surface area contributed by atoms with Gasteiger partial charge in [0.15, 0.2) is 17.3 Å². The molecule has 0 N–H and O–H groups in total. The van der Waals surface area contributed by atoms with Crippen LogP contribution in [-0.2, 0) is 17.3 Å². The van der Waals surface area contributed by atoms with Gasteiger partial charge in [-0.3, -0.25) is 4.79 Å². The molecule has 6 heteroatoms. The van der Waals surface area contributed by atoms with E-state index in [1.807, 2.05) is 0 Å². The summed E-state index contributed by atoms with van der Waals surface area (Å²) in [7, 11) is 6.11. The Balaban J connectivity index is 0.00000304. The zero-order valence-corrected chi connectivity index (χ0v) is 25.3. The maximum Gasteiger partial charge on any atom is 0.231 e. The number of halogens is 1. The molecule has 2 unspecified atom stereocenters. The van der Waals surface area contributed by atoms with Gasteiger partial charge in [0, 0.05) is 12.0 Å². The minimum atomic E-state index is -0.0215. The summed E-state index contributed by atoms with van der Waals surface area (Å²) >= 11 is 0. The molecule has 2 atom stereocenters. The van der Waals surface area contributed by atoms with Crippen molar-refractivity contribution in [3.8, 4) is 17.2 Å². The number of fused-ring (bicyclic) bond motifs is 3. The summed E-state index contributed by atoms with van der Waals surface area (Å²) in [5.41, 5.74) is 7.04. The number of Topliss-reactive ketones (excluding diaryl/α,β-unsaturated/α-hetero) is 1. The van der Waals surface area contributed by atoms with E-state index < -0.39 is 0 Å². The molecule has 0 saturated heterocycles. The van der Waals surface area contributed by atoms with E-state index in [-0.39, 0.29) is 53.4 Å². The minimum absolute atomic E-state index is 0. The molecule has 1 aliphatic carbocycles. The lowest BCUT2D eigenvalue weighted by Gasteiger charge is -2.43. The number of aryl methyl sites for hydroxylation is 1. The smallest absolute Gasteiger partial charge is 0.231 e. The van der Waals surface area contributed by atoms with Crippen LogP contribution in [0.25, 0.3) is 0 Å². The van der Waals surface area contributed by atoms with Crippen LogP contribution in [0.1, 0.15) is 85.3 Å². The number of likely N-dealkylation sites (N-methyl/N-ethyl adjacent to an activating group) is 1. The molecule has 0 bridgehead atoms. The Morgan fingerprint density at radius 2 is 1.72 bits per heavy atom. The van der Waals surface area contributed by atoms with Gasteiger partial charge in [0.2, 0.25) is 12.5 Å². The number of hydrogen-bond donors (Lipinski definition) is 0. The number of hydrogen-bond acceptors (Lipinski definition) is 4. The number of carbonyl (C=O) groups is 1. The number of nitrogens with zero attached hydrogens (tertiary/aromatic N) is 1. The molecule has 0 amide bonds. The maximum absolute atomic E-state index is 14.0. The lowest BCUT2D eigenvalue weighted by molar-refractivity contribution is -0.922. The summed E-state index contributed by atoms with van der Waals surface area (Å²) in [5, 5.41) is 0. The molecular formula is C30H40INO4. The van der Waals surface area contributed by atoms with Gasteiger partial charge in [-0.05, 0) is 58.1 Å². The van der Waals surface area contributed by atoms with E-state index in [0.29, 0.717) is 18.1 Å². The Labute approximate surface area is 233 Å². The highest BCUT2D eigenvalue weighted by atomic mass is 127. The lowest BCUT2D eigenvalue weighted by atomic mass is 9.71. The highest BCUT2D eigenvalue weighted by Gasteiger charge is 2.49. The number of carbonyl (C=O) groups excluding carboxylic acids is 1. The van der Waals surface area contributed by atoms with Crippen molar-refractivity contribution in [2.45, 2.75) is 71.3 Å². The molecule has 0 aromatic heterocycles. The summed E-state index contributed by atoms with van der Waals surface area (Å²) in [5.74, 6) is 2.82. The number of methoxy groups -OCH3 is 1. The molecule has 0 saturated carbocycles. The molecule has 0 spiro atoms. The summed E-state index contributed by atoms with van der Waals surface area (Å²) in [6.07, 6.45) is 1.34. The van der Waals surface area contributed by atoms with Gasteiger partial charge in [-0.2, -0.15) is 0 Å². The molecule has 0 radical (unpaired) electrons. The van der Waals surface area contributed by atoms with Crippen molar-refractivity contribution < 1.29 is 47.5 Å². The Morgan fingerprint density at radius 1 is 1.08 bits per heavy atom. The summed E-state index contributed by atoms with van der Waals surface area (Å²) in [6, 6.07) is 6.55. The third kappa shape index (κ3) is 3.85. The van der Waals surface area contributed by atoms with Gasteiger partial charge in [-0.1, -0.05) is 40.7 Å². The van der Waals surface area contributed by atoms with E-state index in [0.717, 1.165) is 45.6 Å². The van der Waals surface area contributed by atoms with Crippen LogP contribution in [-0.4, -0.2) is 44.8 Å². The third-order valence-corrected chi connectivity index (χ3v) is 9.68. The number of ketones is 1. The first-order chi connectivity index (χ1) is 16.3. The first kappa shape index (κ1) is 27.2. The Morgan fingerprint density at radius 3 is 2.36 bits per heavy atom. The zero-order valence-electron chi connectivity index (χ0n) is 23.2. The van der Waals surface area contributed by atoms with E-state index in [1.54, 1.807) is 7.11 Å². The van der Waals surface area contributed by atoms with Gasteiger partial charge in [-0.15, -0.1) is 0 Å². The van der Waals surface area contributed by atoms with Crippen LogP contribution in [0.2, 0.25) is 0 Å². The first-order valence-corrected chi connectivity index (χ1v) is 12.8. The second-order valence-corrected chi connectivity index (χ2v) is 12.5. The largest absolute Gasteiger partial charge is 1.00 e. The van der Waals surface area contributed by atoms with Crippen molar-refractivity contribution in [1.82, 2.24) is 0 Å². The molecule has 2 heterocycles. The first-order valence-electron chi connectivity index (χ1n) is 12.8. The highest BCUT2D eigenvalue weighted by molar-refractivity contribution is 5.98. The van der Waals surface area contributed by atoms with Crippen LogP contribution < -0.4 is 38.2 Å². The number of ether oxygens (including phenoxy) is 3. The fourth-order valence-corrected chi connectivity index (χ4v) is 6.84. The summed E-state index contributed by atoms with van der Waals surface area (Å²) < 4.78 is 18.1. The Kier molecular flexibility index (Phi) is 6.73. The number of rotatable bonds is 4. The molecule has 196 valence electrons. The molecule has 36 heavy (non-hydrogen) atoms. The molecule has 2 aromatic carbocycles. The summed E-state index contributed by atoms with van der Waals surface area (Å²) in [6.45, 7) is 14.9. The van der Waals surface area contributed by atoms with Crippen LogP contribution in [0.15, 0.2) is 18.2 Å². The van der Waals surface area contributed by atoms with Gasteiger partial charge in [-0.25, -0.2) is 0 Å². The predicted molar refractivity (Wildman–Crippen MR) is 138 cm³/mol. The van der Waals surface area contributed by atoms with Gasteiger partial charge >= 0.3 is 0 Å². The van der Waals surface area contributed by atoms with Crippen LogP contribution in [0.5, 0.6) is 17.2 Å². The quantitative estimate of drug-likeness (QED) is 0.306. The van der Waals surface area contributed by atoms with E-state index in [1.165, 1.54) is 16.7 Å². The second-order valence-electron chi connectivity index (χ2n) is 12.5. The molecule has 5 rings (SSSR count). The fourth-order valence-electron chi connectivity index (χ4n) is 6.84. The Bertz CT molecular complexity index is 1230. The predicted octanol–water partition coefficient (Wildman–Crippen LogP) is 2.89. The third-order valence-electron chi connectivity index (χ3n) is 9.68. The molecule has 3 aliphatic rings. The van der Waals surface area contributed by atoms with Crippen molar-refractivity contribution in [2.75, 3.05) is 34.5 Å². The minimum Gasteiger partial charge on any atom is -1.00 e. The molecule has 2 aromatic rings. The lowest BCUT2D eigenvalue weighted by Crippen LogP contribution is -3.00. The van der Waals surface area contributed by atoms with Crippen molar-refractivity contribution in [2.24, 2.45) is 5.92 Å². The maximum atomic E-state index is 14.0. The summed E-state index contributed by atoms with van der Waals surface area (Å²) in [4.78, 5) is 14.0. The topological polar surface area (TPSA) is 44.8 Å². The van der Waals surface area contributed by atoms with Crippen LogP contribution in [0.4, 0.5) is 0 Å². The second kappa shape index (κ2) is 8.90. The van der Waals surface area contributed by atoms with E-state index in [9.17, 15) is 4.79 Å². The highest BCUT2D eigenvalue weighted by Crippen LogP contribution is 2.55. The van der Waals surface area contributed by atoms with E-state index in [2.05, 4.69) is 73.8 Å². The number of quaternary nitrogens is 1. The average molecular weight is 606 g/mol.